The first kappa shape index (κ1) is 10.7. The van der Waals surface area contributed by atoms with Crippen LogP contribution in [0.3, 0.4) is 0 Å². The maximum Gasteiger partial charge on any atom is 0.325 e. The molecule has 3 N–H and O–H groups in total. The number of aliphatic carboxylic acids is 1. The lowest BCUT2D eigenvalue weighted by molar-refractivity contribution is -0.138. The van der Waals surface area contributed by atoms with Gasteiger partial charge < -0.3 is 15.6 Å². The van der Waals surface area contributed by atoms with Gasteiger partial charge in [0.05, 0.1) is 6.61 Å². The van der Waals surface area contributed by atoms with Gasteiger partial charge in [0.25, 0.3) is 0 Å². The predicted molar refractivity (Wildman–Crippen MR) is 51.7 cm³/mol. The second-order valence-corrected chi connectivity index (χ2v) is 2.95. The van der Waals surface area contributed by atoms with Crippen molar-refractivity contribution in [1.82, 2.24) is 0 Å². The highest BCUT2D eigenvalue weighted by molar-refractivity contribution is 5.75. The zero-order chi connectivity index (χ0) is 10.6. The molecule has 4 heteroatoms. The van der Waals surface area contributed by atoms with Crippen LogP contribution in [-0.4, -0.2) is 18.2 Å². The van der Waals surface area contributed by atoms with E-state index in [4.69, 9.17) is 15.6 Å². The third-order valence-corrected chi connectivity index (χ3v) is 1.96. The summed E-state index contributed by atoms with van der Waals surface area (Å²) in [6.07, 6.45) is 0. The molecule has 76 valence electrons. The molecule has 0 bridgehead atoms. The molecule has 0 aliphatic heterocycles. The van der Waals surface area contributed by atoms with Crippen LogP contribution in [0.1, 0.15) is 17.2 Å². The molecule has 1 rings (SSSR count). The van der Waals surface area contributed by atoms with E-state index in [1.807, 2.05) is 12.1 Å². The highest BCUT2D eigenvalue weighted by Crippen LogP contribution is 2.16. The summed E-state index contributed by atoms with van der Waals surface area (Å²) in [7, 11) is 1.56. The van der Waals surface area contributed by atoms with Crippen molar-refractivity contribution in [3.63, 3.8) is 0 Å². The van der Waals surface area contributed by atoms with Crippen molar-refractivity contribution in [1.29, 1.82) is 0 Å². The Labute approximate surface area is 82.3 Å². The number of methoxy groups -OCH3 is 1. The van der Waals surface area contributed by atoms with E-state index in [2.05, 4.69) is 0 Å². The van der Waals surface area contributed by atoms with E-state index >= 15 is 0 Å². The Morgan fingerprint density at radius 3 is 2.79 bits per heavy atom. The van der Waals surface area contributed by atoms with Gasteiger partial charge in [-0.25, -0.2) is 0 Å². The van der Waals surface area contributed by atoms with Gasteiger partial charge in [0.15, 0.2) is 0 Å². The van der Waals surface area contributed by atoms with Crippen LogP contribution in [0.25, 0.3) is 0 Å². The molecule has 0 heterocycles. The Kier molecular flexibility index (Phi) is 3.62. The van der Waals surface area contributed by atoms with Crippen molar-refractivity contribution in [2.24, 2.45) is 5.73 Å². The van der Waals surface area contributed by atoms with Crippen molar-refractivity contribution >= 4 is 5.97 Å². The van der Waals surface area contributed by atoms with Crippen molar-refractivity contribution in [3.05, 3.63) is 35.4 Å². The molecule has 0 aliphatic rings. The summed E-state index contributed by atoms with van der Waals surface area (Å²) in [6.45, 7) is 0.372. The Bertz CT molecular complexity index is 325. The van der Waals surface area contributed by atoms with E-state index in [1.165, 1.54) is 0 Å². The summed E-state index contributed by atoms with van der Waals surface area (Å²) in [5.41, 5.74) is 6.92. The van der Waals surface area contributed by atoms with Gasteiger partial charge in [0, 0.05) is 7.11 Å². The molecule has 0 radical (unpaired) electrons. The molecule has 4 nitrogen and oxygen atoms in total. The Hall–Kier alpha value is -1.39. The van der Waals surface area contributed by atoms with Crippen molar-refractivity contribution in [2.45, 2.75) is 12.6 Å². The van der Waals surface area contributed by atoms with E-state index in [-0.39, 0.29) is 0 Å². The molecule has 0 spiro atoms. The first-order valence-electron chi connectivity index (χ1n) is 4.22. The Balaban J connectivity index is 3.00. The van der Waals surface area contributed by atoms with Crippen molar-refractivity contribution in [2.75, 3.05) is 7.11 Å². The zero-order valence-corrected chi connectivity index (χ0v) is 7.93. The summed E-state index contributed by atoms with van der Waals surface area (Å²) in [5.74, 6) is -1.03. The van der Waals surface area contributed by atoms with Crippen molar-refractivity contribution < 1.29 is 14.6 Å². The fraction of sp³-hybridized carbons (Fsp3) is 0.300. The zero-order valence-electron chi connectivity index (χ0n) is 7.93. The number of hydrogen-bond acceptors (Lipinski definition) is 3. The lowest BCUT2D eigenvalue weighted by atomic mass is 10.0. The quantitative estimate of drug-likeness (QED) is 0.749. The van der Waals surface area contributed by atoms with Gasteiger partial charge in [-0.05, 0) is 11.1 Å². The minimum absolute atomic E-state index is 0.372. The van der Waals surface area contributed by atoms with Crippen LogP contribution in [0.2, 0.25) is 0 Å². The number of carboxylic acids is 1. The maximum atomic E-state index is 10.7. The van der Waals surface area contributed by atoms with Crippen LogP contribution in [0, 0.1) is 0 Å². The molecule has 1 unspecified atom stereocenters. The first-order chi connectivity index (χ1) is 6.66. The summed E-state index contributed by atoms with van der Waals surface area (Å²) < 4.78 is 4.95. The summed E-state index contributed by atoms with van der Waals surface area (Å²) >= 11 is 0. The molecule has 0 saturated heterocycles. The number of carbonyl (C=O) groups is 1. The molecule has 1 aromatic carbocycles. The molecular weight excluding hydrogens is 182 g/mol. The second kappa shape index (κ2) is 4.74. The number of rotatable bonds is 4. The number of nitrogens with two attached hydrogens (primary N) is 1. The van der Waals surface area contributed by atoms with E-state index in [0.717, 1.165) is 5.56 Å². The van der Waals surface area contributed by atoms with Gasteiger partial charge >= 0.3 is 5.97 Å². The van der Waals surface area contributed by atoms with Crippen LogP contribution >= 0.6 is 0 Å². The largest absolute Gasteiger partial charge is 0.480 e. The van der Waals surface area contributed by atoms with E-state index in [0.29, 0.717) is 12.2 Å². The fourth-order valence-corrected chi connectivity index (χ4v) is 1.26. The van der Waals surface area contributed by atoms with Crippen LogP contribution in [0.15, 0.2) is 24.3 Å². The van der Waals surface area contributed by atoms with E-state index in [9.17, 15) is 4.79 Å². The van der Waals surface area contributed by atoms with Crippen LogP contribution in [-0.2, 0) is 16.1 Å². The third kappa shape index (κ3) is 2.31. The van der Waals surface area contributed by atoms with Crippen LogP contribution < -0.4 is 5.73 Å². The molecule has 1 atom stereocenters. The van der Waals surface area contributed by atoms with E-state index in [1.54, 1.807) is 19.2 Å². The van der Waals surface area contributed by atoms with Gasteiger partial charge in [-0.15, -0.1) is 0 Å². The van der Waals surface area contributed by atoms with Crippen LogP contribution in [0.5, 0.6) is 0 Å². The molecule has 0 aromatic heterocycles. The maximum absolute atomic E-state index is 10.7. The van der Waals surface area contributed by atoms with E-state index < -0.39 is 12.0 Å². The minimum atomic E-state index is -1.03. The standard InChI is InChI=1S/C10H13NO3/c1-14-6-7-4-2-3-5-8(7)9(11)10(12)13/h2-5,9H,6,11H2,1H3,(H,12,13). The van der Waals surface area contributed by atoms with Gasteiger partial charge in [-0.1, -0.05) is 24.3 Å². The first-order valence-corrected chi connectivity index (χ1v) is 4.22. The van der Waals surface area contributed by atoms with Gasteiger partial charge in [0.2, 0.25) is 0 Å². The lowest BCUT2D eigenvalue weighted by Gasteiger charge is -2.11. The minimum Gasteiger partial charge on any atom is -0.480 e. The Morgan fingerprint density at radius 2 is 2.21 bits per heavy atom. The second-order valence-electron chi connectivity index (χ2n) is 2.95. The summed E-state index contributed by atoms with van der Waals surface area (Å²) in [4.78, 5) is 10.7. The number of ether oxygens (including phenoxy) is 1. The third-order valence-electron chi connectivity index (χ3n) is 1.96. The fourth-order valence-electron chi connectivity index (χ4n) is 1.26. The molecule has 0 aliphatic carbocycles. The molecular formula is C10H13NO3. The SMILES string of the molecule is COCc1ccccc1C(N)C(=O)O. The molecule has 0 amide bonds. The van der Waals surface area contributed by atoms with Crippen LogP contribution in [0.4, 0.5) is 0 Å². The van der Waals surface area contributed by atoms with Gasteiger partial charge in [-0.2, -0.15) is 0 Å². The summed E-state index contributed by atoms with van der Waals surface area (Å²) in [6, 6.07) is 6.11. The Morgan fingerprint density at radius 1 is 1.57 bits per heavy atom. The monoisotopic (exact) mass is 195 g/mol. The molecule has 0 fully saturated rings. The smallest absolute Gasteiger partial charge is 0.325 e. The normalized spacial score (nSPS) is 12.4. The number of hydrogen-bond donors (Lipinski definition) is 2. The van der Waals surface area contributed by atoms with Gasteiger partial charge in [0.1, 0.15) is 6.04 Å². The molecule has 0 saturated carbocycles. The lowest BCUT2D eigenvalue weighted by Crippen LogP contribution is -2.22. The number of benzene rings is 1. The average Bonchev–Trinajstić information content (AvgIpc) is 2.18. The highest BCUT2D eigenvalue weighted by atomic mass is 16.5. The van der Waals surface area contributed by atoms with Gasteiger partial charge in [-0.3, -0.25) is 4.79 Å². The average molecular weight is 195 g/mol. The topological polar surface area (TPSA) is 72.5 Å². The highest BCUT2D eigenvalue weighted by Gasteiger charge is 2.16. The summed E-state index contributed by atoms with van der Waals surface area (Å²) in [5, 5.41) is 8.76. The number of carboxylic acid groups (broad SMARTS) is 1. The predicted octanol–water partition coefficient (Wildman–Crippen LogP) is 0.917. The molecule has 1 aromatic rings. The molecule has 14 heavy (non-hydrogen) atoms. The van der Waals surface area contributed by atoms with Crippen molar-refractivity contribution in [3.8, 4) is 0 Å².